The van der Waals surface area contributed by atoms with Gasteiger partial charge in [0, 0.05) is 23.8 Å². The van der Waals surface area contributed by atoms with Crippen LogP contribution in [0.2, 0.25) is 0 Å². The SMILES string of the molecule is CCOc1cc2ccccc2c(O[C@@H]2C[C@H]3C(=O)N[C@]4(C(=O)NS(=O)(=O)C5(CF)CC5)C[C@H]4/C=C\CC[C@H](C)C[C@@H](C)[C@H](NC(=O)O)C(=O)N3C2)n1. The molecule has 52 heavy (non-hydrogen) atoms. The predicted octanol–water partition coefficient (Wildman–Crippen LogP) is 3.45. The number of sulfonamides is 1. The van der Waals surface area contributed by atoms with Gasteiger partial charge in [0.1, 0.15) is 35.1 Å². The molecule has 2 aromatic rings. The smallest absolute Gasteiger partial charge is 0.405 e. The Morgan fingerprint density at radius 1 is 1.17 bits per heavy atom. The molecule has 0 bridgehead atoms. The van der Waals surface area contributed by atoms with E-state index >= 15 is 0 Å². The van der Waals surface area contributed by atoms with Crippen LogP contribution in [0.5, 0.6) is 11.8 Å². The number of fused-ring (bicyclic) bond motifs is 3. The van der Waals surface area contributed by atoms with Crippen LogP contribution in [-0.2, 0) is 24.4 Å². The van der Waals surface area contributed by atoms with Gasteiger partial charge in [-0.15, -0.1) is 0 Å². The summed E-state index contributed by atoms with van der Waals surface area (Å²) in [5.74, 6) is -2.70. The third-order valence-electron chi connectivity index (χ3n) is 10.8. The molecule has 4 aliphatic rings. The summed E-state index contributed by atoms with van der Waals surface area (Å²) in [5, 5.41) is 16.4. The first-order valence-electron chi connectivity index (χ1n) is 17.8. The highest BCUT2D eigenvalue weighted by molar-refractivity contribution is 7.91. The van der Waals surface area contributed by atoms with Crippen molar-refractivity contribution in [3.8, 4) is 11.8 Å². The second-order valence-corrected chi connectivity index (χ2v) is 16.8. The summed E-state index contributed by atoms with van der Waals surface area (Å²) >= 11 is 0. The molecule has 3 heterocycles. The van der Waals surface area contributed by atoms with E-state index in [2.05, 4.69) is 20.3 Å². The Labute approximate surface area is 301 Å². The van der Waals surface area contributed by atoms with Gasteiger partial charge in [-0.2, -0.15) is 4.98 Å². The van der Waals surface area contributed by atoms with Crippen molar-refractivity contribution in [3.63, 3.8) is 0 Å². The number of benzene rings is 1. The number of rotatable bonds is 9. The number of halogens is 1. The van der Waals surface area contributed by atoms with Crippen molar-refractivity contribution in [3.05, 3.63) is 42.5 Å². The lowest BCUT2D eigenvalue weighted by molar-refractivity contribution is -0.142. The number of carboxylic acid groups (broad SMARTS) is 1. The average molecular weight is 744 g/mol. The van der Waals surface area contributed by atoms with E-state index in [0.717, 1.165) is 5.39 Å². The number of allylic oxidation sites excluding steroid dienone is 1. The van der Waals surface area contributed by atoms with Crippen molar-refractivity contribution in [2.24, 2.45) is 17.8 Å². The number of nitrogens with one attached hydrogen (secondary N) is 3. The van der Waals surface area contributed by atoms with Crippen LogP contribution in [0.3, 0.4) is 0 Å². The lowest BCUT2D eigenvalue weighted by Gasteiger charge is -2.32. The Morgan fingerprint density at radius 2 is 1.92 bits per heavy atom. The number of alkyl halides is 1. The first kappa shape index (κ1) is 37.3. The largest absolute Gasteiger partial charge is 0.478 e. The van der Waals surface area contributed by atoms with Gasteiger partial charge in [0.05, 0.1) is 13.2 Å². The van der Waals surface area contributed by atoms with Gasteiger partial charge in [-0.05, 0) is 68.7 Å². The van der Waals surface area contributed by atoms with Crippen molar-refractivity contribution in [1.29, 1.82) is 0 Å². The number of aromatic nitrogens is 1. The molecule has 4 N–H and O–H groups in total. The second-order valence-electron chi connectivity index (χ2n) is 14.7. The fourth-order valence-corrected chi connectivity index (χ4v) is 8.92. The molecule has 0 unspecified atom stereocenters. The highest BCUT2D eigenvalue weighted by Gasteiger charge is 2.64. The summed E-state index contributed by atoms with van der Waals surface area (Å²) in [6, 6.07) is 6.73. The molecule has 6 rings (SSSR count). The minimum atomic E-state index is -4.39. The quantitative estimate of drug-likeness (QED) is 0.277. The Kier molecular flexibility index (Phi) is 10.4. The second kappa shape index (κ2) is 14.5. The maximum Gasteiger partial charge on any atom is 0.405 e. The molecule has 3 fully saturated rings. The van der Waals surface area contributed by atoms with Crippen LogP contribution in [0.15, 0.2) is 42.5 Å². The number of nitrogens with zero attached hydrogens (tertiary/aromatic N) is 2. The summed E-state index contributed by atoms with van der Waals surface area (Å²) in [7, 11) is -4.39. The molecule has 1 saturated heterocycles. The molecule has 2 aliphatic carbocycles. The van der Waals surface area contributed by atoms with Gasteiger partial charge in [-0.25, -0.2) is 17.6 Å². The Morgan fingerprint density at radius 3 is 2.62 bits per heavy atom. The van der Waals surface area contributed by atoms with E-state index in [9.17, 15) is 37.1 Å². The number of pyridine rings is 1. The minimum absolute atomic E-state index is 0.0432. The molecular weight excluding hydrogens is 697 g/mol. The van der Waals surface area contributed by atoms with Gasteiger partial charge in [-0.3, -0.25) is 19.1 Å². The fraction of sp³-hybridized carbons (Fsp3) is 0.583. The van der Waals surface area contributed by atoms with Gasteiger partial charge in [0.15, 0.2) is 0 Å². The van der Waals surface area contributed by atoms with E-state index in [-0.39, 0.29) is 44.0 Å². The van der Waals surface area contributed by atoms with Gasteiger partial charge in [-0.1, -0.05) is 44.2 Å². The third-order valence-corrected chi connectivity index (χ3v) is 12.9. The number of carbonyl (C=O) groups excluding carboxylic acids is 3. The zero-order chi connectivity index (χ0) is 37.4. The molecule has 7 atom stereocenters. The summed E-state index contributed by atoms with van der Waals surface area (Å²) in [6.45, 7) is 4.72. The summed E-state index contributed by atoms with van der Waals surface area (Å²) in [6.07, 6.45) is 3.50. The zero-order valence-corrected chi connectivity index (χ0v) is 30.3. The van der Waals surface area contributed by atoms with Crippen molar-refractivity contribution >= 4 is 44.6 Å². The standard InChI is InChI=1S/C36H46FN5O9S/c1-4-50-28-16-23-10-6-8-12-26(23)31(38-28)51-25-17-27-30(43)40-36(33(45)41-52(48,49)35(20-37)13-14-35)18-24(36)11-7-5-9-21(2)15-22(3)29(39-34(46)47)32(44)42(27)19-25/h6-8,10-12,16,21-22,24-25,27,29,39H,4-5,9,13-15,17-20H2,1-3H3,(H,40,43)(H,41,45)(H,46,47)/b11-7-/t21-,22+,24+,25+,27-,29-,36+/m0/s1. The van der Waals surface area contributed by atoms with Crippen molar-refractivity contribution in [1.82, 2.24) is 25.2 Å². The van der Waals surface area contributed by atoms with Gasteiger partial charge < -0.3 is 30.1 Å². The topological polar surface area (TPSA) is 193 Å². The van der Waals surface area contributed by atoms with Gasteiger partial charge in [0.2, 0.25) is 33.6 Å². The molecule has 2 aliphatic heterocycles. The highest BCUT2D eigenvalue weighted by atomic mass is 32.2. The predicted molar refractivity (Wildman–Crippen MR) is 188 cm³/mol. The van der Waals surface area contributed by atoms with Crippen LogP contribution in [0.1, 0.15) is 65.7 Å². The van der Waals surface area contributed by atoms with E-state index in [0.29, 0.717) is 37.1 Å². The summed E-state index contributed by atoms with van der Waals surface area (Å²) in [5.41, 5.74) is -1.66. The molecule has 282 valence electrons. The van der Waals surface area contributed by atoms with Crippen LogP contribution < -0.4 is 24.8 Å². The molecule has 14 nitrogen and oxygen atoms in total. The van der Waals surface area contributed by atoms with E-state index < -0.39 is 80.8 Å². The monoisotopic (exact) mass is 743 g/mol. The van der Waals surface area contributed by atoms with Crippen molar-refractivity contribution in [2.45, 2.75) is 94.2 Å². The number of hydrogen-bond acceptors (Lipinski definition) is 9. The van der Waals surface area contributed by atoms with Crippen LogP contribution >= 0.6 is 0 Å². The molecule has 0 radical (unpaired) electrons. The molecular formula is C36H46FN5O9S. The number of amides is 4. The third kappa shape index (κ3) is 7.39. The lowest BCUT2D eigenvalue weighted by Crippen LogP contribution is -2.59. The zero-order valence-electron chi connectivity index (χ0n) is 29.5. The van der Waals surface area contributed by atoms with E-state index in [1.807, 2.05) is 44.2 Å². The Hall–Kier alpha value is -4.47. The maximum absolute atomic E-state index is 14.4. The number of carbonyl (C=O) groups is 4. The number of ether oxygens (including phenoxy) is 2. The van der Waals surface area contributed by atoms with Crippen LogP contribution in [0, 0.1) is 17.8 Å². The molecule has 1 aromatic carbocycles. The molecule has 4 amide bonds. The highest BCUT2D eigenvalue weighted by Crippen LogP contribution is 2.48. The van der Waals surface area contributed by atoms with E-state index in [1.165, 1.54) is 4.90 Å². The van der Waals surface area contributed by atoms with Crippen molar-refractivity contribution in [2.75, 3.05) is 19.8 Å². The van der Waals surface area contributed by atoms with Gasteiger partial charge in [0.25, 0.3) is 5.91 Å². The lowest BCUT2D eigenvalue weighted by atomic mass is 9.88. The normalized spacial score (nSPS) is 30.8. The first-order valence-corrected chi connectivity index (χ1v) is 19.3. The van der Waals surface area contributed by atoms with Crippen LogP contribution in [0.4, 0.5) is 9.18 Å². The van der Waals surface area contributed by atoms with E-state index in [1.54, 1.807) is 19.1 Å². The minimum Gasteiger partial charge on any atom is -0.478 e. The summed E-state index contributed by atoms with van der Waals surface area (Å²) in [4.78, 5) is 60.3. The van der Waals surface area contributed by atoms with E-state index in [4.69, 9.17) is 9.47 Å². The molecule has 16 heteroatoms. The van der Waals surface area contributed by atoms with Crippen LogP contribution in [0.25, 0.3) is 10.8 Å². The Balaban J connectivity index is 1.35. The molecule has 1 aromatic heterocycles. The van der Waals surface area contributed by atoms with Crippen molar-refractivity contribution < 1.29 is 46.6 Å². The summed E-state index contributed by atoms with van der Waals surface area (Å²) < 4.78 is 52.4. The Bertz CT molecular complexity index is 1870. The first-order chi connectivity index (χ1) is 24.7. The van der Waals surface area contributed by atoms with Gasteiger partial charge >= 0.3 is 6.09 Å². The fourth-order valence-electron chi connectivity index (χ4n) is 7.50. The average Bonchev–Trinajstić information content (AvgIpc) is 4.00. The number of hydrogen-bond donors (Lipinski definition) is 4. The molecule has 2 saturated carbocycles. The van der Waals surface area contributed by atoms with Crippen LogP contribution in [-0.4, -0.2) is 95.5 Å². The maximum atomic E-state index is 14.4. The molecule has 0 spiro atoms.